The van der Waals surface area contributed by atoms with Crippen LogP contribution in [0.2, 0.25) is 0 Å². The molecule has 342 valence electrons. The van der Waals surface area contributed by atoms with Crippen molar-refractivity contribution in [2.24, 2.45) is 23.5 Å². The summed E-state index contributed by atoms with van der Waals surface area (Å²) in [7, 11) is 5.17. The van der Waals surface area contributed by atoms with Crippen molar-refractivity contribution in [1.82, 2.24) is 24.5 Å². The molecule has 1 aromatic heterocycles. The molecule has 2 unspecified atom stereocenters. The molecule has 0 spiro atoms. The van der Waals surface area contributed by atoms with Crippen LogP contribution in [-0.2, 0) is 39.8 Å². The number of fused-ring (bicyclic) bond motifs is 1. The van der Waals surface area contributed by atoms with Crippen molar-refractivity contribution in [1.29, 1.82) is 0 Å². The van der Waals surface area contributed by atoms with Crippen LogP contribution < -0.4 is 5.73 Å². The van der Waals surface area contributed by atoms with Gasteiger partial charge < -0.3 is 44.0 Å². The molecule has 1 aromatic carbocycles. The number of hydrogen-bond acceptors (Lipinski definition) is 13. The van der Waals surface area contributed by atoms with E-state index >= 15 is 4.39 Å². The molecule has 3 saturated heterocycles. The summed E-state index contributed by atoms with van der Waals surface area (Å²) in [6, 6.07) is 8.19. The van der Waals surface area contributed by atoms with Crippen LogP contribution in [0.3, 0.4) is 0 Å². The van der Waals surface area contributed by atoms with Gasteiger partial charge in [-0.15, -0.1) is 0 Å². The lowest BCUT2D eigenvalue weighted by Crippen LogP contribution is -2.64. The Morgan fingerprint density at radius 2 is 1.74 bits per heavy atom. The van der Waals surface area contributed by atoms with E-state index in [-0.39, 0.29) is 30.9 Å². The summed E-state index contributed by atoms with van der Waals surface area (Å²) in [6.07, 6.45) is -0.335. The Hall–Kier alpha value is -3.51. The zero-order valence-corrected chi connectivity index (χ0v) is 38.2. The number of hydrogen-bond donors (Lipinski definition) is 2. The number of methoxy groups -OCH3 is 1. The summed E-state index contributed by atoms with van der Waals surface area (Å²) >= 11 is 0. The Bertz CT molecular complexity index is 1800. The Balaban J connectivity index is 1.50. The van der Waals surface area contributed by atoms with Gasteiger partial charge in [0.05, 0.1) is 35.9 Å². The Labute approximate surface area is 361 Å². The first-order chi connectivity index (χ1) is 28.6. The maximum Gasteiger partial charge on any atom is 0.425 e. The third-order valence-corrected chi connectivity index (χ3v) is 13.6. The number of aromatic nitrogens is 2. The molecule has 5 rings (SSSR count). The number of ketones is 1. The molecule has 3 fully saturated rings. The van der Waals surface area contributed by atoms with Gasteiger partial charge in [-0.25, -0.2) is 29.0 Å². The highest BCUT2D eigenvalue weighted by atomic mass is 19.1. The van der Waals surface area contributed by atoms with Gasteiger partial charge >= 0.3 is 12.1 Å². The number of amides is 1. The second-order valence-electron chi connectivity index (χ2n) is 18.3. The summed E-state index contributed by atoms with van der Waals surface area (Å²) in [6.45, 7) is 16.8. The monoisotopic (exact) mass is 859 g/mol. The maximum atomic E-state index is 17.0. The lowest BCUT2D eigenvalue weighted by molar-refractivity contribution is -0.296. The number of carbonyl (C=O) groups is 3. The average molecular weight is 859 g/mol. The molecule has 0 radical (unpaired) electrons. The number of benzene rings is 1. The molecule has 1 amide bonds. The van der Waals surface area contributed by atoms with Gasteiger partial charge in [0.15, 0.2) is 17.7 Å². The molecule has 15 nitrogen and oxygen atoms in total. The quantitative estimate of drug-likeness (QED) is 0.210. The van der Waals surface area contributed by atoms with Crippen LogP contribution in [0, 0.1) is 17.8 Å². The van der Waals surface area contributed by atoms with Crippen LogP contribution >= 0.6 is 0 Å². The minimum Gasteiger partial charge on any atom is -0.455 e. The predicted octanol–water partition coefficient (Wildman–Crippen LogP) is 5.23. The summed E-state index contributed by atoms with van der Waals surface area (Å²) in [5, 5.41) is 15.0. The van der Waals surface area contributed by atoms with Crippen molar-refractivity contribution in [2.75, 3.05) is 34.3 Å². The highest BCUT2D eigenvalue weighted by Crippen LogP contribution is 2.45. The van der Waals surface area contributed by atoms with Gasteiger partial charge in [0, 0.05) is 56.5 Å². The van der Waals surface area contributed by atoms with Crippen molar-refractivity contribution < 1.29 is 47.6 Å². The first-order valence-corrected chi connectivity index (χ1v) is 21.9. The largest absolute Gasteiger partial charge is 0.455 e. The molecule has 2 aromatic rings. The molecule has 16 heteroatoms. The summed E-state index contributed by atoms with van der Waals surface area (Å²) in [5.74, 6) is -4.64. The third-order valence-electron chi connectivity index (χ3n) is 13.6. The molecule has 4 heterocycles. The number of alkyl halides is 1. The van der Waals surface area contributed by atoms with E-state index < -0.39 is 83.2 Å². The van der Waals surface area contributed by atoms with Gasteiger partial charge in [-0.05, 0) is 79.3 Å². The molecule has 3 aliphatic heterocycles. The van der Waals surface area contributed by atoms with E-state index in [9.17, 15) is 19.5 Å². The normalized spacial score (nSPS) is 38.0. The van der Waals surface area contributed by atoms with E-state index in [0.29, 0.717) is 32.5 Å². The Morgan fingerprint density at radius 1 is 1.07 bits per heavy atom. The fourth-order valence-corrected chi connectivity index (χ4v) is 9.96. The number of halogens is 1. The molecular weight excluding hydrogens is 788 g/mol. The van der Waals surface area contributed by atoms with Crippen LogP contribution in [0.15, 0.2) is 42.9 Å². The van der Waals surface area contributed by atoms with E-state index in [2.05, 4.69) is 4.98 Å². The fourth-order valence-electron chi connectivity index (χ4n) is 9.96. The van der Waals surface area contributed by atoms with Gasteiger partial charge in [-0.3, -0.25) is 4.79 Å². The van der Waals surface area contributed by atoms with Crippen molar-refractivity contribution in [3.05, 3.63) is 42.9 Å². The van der Waals surface area contributed by atoms with Gasteiger partial charge in [-0.2, -0.15) is 0 Å². The lowest BCUT2D eigenvalue weighted by atomic mass is 9.72. The summed E-state index contributed by atoms with van der Waals surface area (Å²) in [4.78, 5) is 49.1. The molecule has 0 aliphatic carbocycles. The zero-order chi connectivity index (χ0) is 45.2. The number of cyclic esters (lactones) is 1. The predicted molar refractivity (Wildman–Crippen MR) is 228 cm³/mol. The number of carbonyl (C=O) groups excluding carboxylic acids is 3. The smallest absolute Gasteiger partial charge is 0.425 e. The number of nitrogens with two attached hydrogens (primary N) is 1. The lowest BCUT2D eigenvalue weighted by Gasteiger charge is -2.48. The van der Waals surface area contributed by atoms with Crippen LogP contribution in [0.25, 0.3) is 11.3 Å². The maximum absolute atomic E-state index is 17.0. The molecule has 3 N–H and O–H groups in total. The van der Waals surface area contributed by atoms with Gasteiger partial charge in [0.25, 0.3) is 5.67 Å². The number of aryl methyl sites for hydroxylation is 1. The van der Waals surface area contributed by atoms with Crippen LogP contribution in [0.4, 0.5) is 9.18 Å². The number of Topliss-reactive ketones (excluding diaryl/α,β-unsaturated/α-hetero) is 1. The minimum atomic E-state index is -3.15. The van der Waals surface area contributed by atoms with Crippen molar-refractivity contribution in [2.45, 2.75) is 160 Å². The van der Waals surface area contributed by atoms with E-state index in [1.807, 2.05) is 92.8 Å². The second-order valence-corrected chi connectivity index (χ2v) is 18.3. The van der Waals surface area contributed by atoms with Crippen LogP contribution in [0.1, 0.15) is 88.0 Å². The Kier molecular flexibility index (Phi) is 15.5. The van der Waals surface area contributed by atoms with E-state index in [1.54, 1.807) is 32.1 Å². The standard InChI is InChI=1S/C45H71FN6O9/c1-13-34-45(9)37(52(42(56)61-45)51(14-2)22-18-21-50-25-32(48-26-50)31-19-16-15-17-20-31)29(5)35(47)27(3)24-43(7,57-12)39(30(6)38(54)44(8,46)41(55)59-34)60-40-36(53)33(49(10)11)23-28(4)58-40/h15-17,19-20,25-30,33-37,39-40,53H,13-14,18,21-24,47H2,1-12H3/t27-,28-,29+,30+,33+,34-,35?,36-,37-,39-,40+,43+,44?,45-/m1/s1. The second kappa shape index (κ2) is 19.5. The van der Waals surface area contributed by atoms with Crippen LogP contribution in [-0.4, -0.2) is 147 Å². The van der Waals surface area contributed by atoms with E-state index in [4.69, 9.17) is 29.4 Å². The van der Waals surface area contributed by atoms with Crippen LogP contribution in [0.5, 0.6) is 0 Å². The minimum absolute atomic E-state index is 0.142. The molecule has 0 saturated carbocycles. The highest BCUT2D eigenvalue weighted by molar-refractivity contribution is 6.07. The number of aliphatic hydroxyl groups excluding tert-OH is 1. The highest BCUT2D eigenvalue weighted by Gasteiger charge is 2.62. The van der Waals surface area contributed by atoms with E-state index in [0.717, 1.165) is 18.2 Å². The number of rotatable bonds is 12. The average Bonchev–Trinajstić information content (AvgIpc) is 3.81. The molecule has 0 bridgehead atoms. The summed E-state index contributed by atoms with van der Waals surface area (Å²) in [5.41, 5.74) is 3.15. The number of likely N-dealkylation sites (N-methyl/N-ethyl adjacent to an activating group) is 1. The van der Waals surface area contributed by atoms with Gasteiger partial charge in [0.2, 0.25) is 0 Å². The number of imidazole rings is 1. The number of ether oxygens (including phenoxy) is 5. The third kappa shape index (κ3) is 9.85. The first-order valence-electron chi connectivity index (χ1n) is 21.9. The Morgan fingerprint density at radius 3 is 2.34 bits per heavy atom. The number of esters is 1. The molecule has 61 heavy (non-hydrogen) atoms. The SMILES string of the molecule is CC[C@H]1OC(=O)C(C)(F)C(=O)[C@H](C)[C@@H](O[C@@H]2O[C@H](C)C[C@H](N(C)C)[C@H]2O)[C@@](C)(OC)C[C@@H](C)C(N)[C@H](C)[C@H]2N(N(CC)CCCn3cnc(-c4ccccc4)c3)C(=O)O[C@]12C. The number of aliphatic hydroxyl groups is 1. The molecular formula is C45H71FN6O9. The topological polar surface area (TPSA) is 171 Å². The van der Waals surface area contributed by atoms with Gasteiger partial charge in [-0.1, -0.05) is 65.0 Å². The van der Waals surface area contributed by atoms with Crippen molar-refractivity contribution in [3.63, 3.8) is 0 Å². The fraction of sp³-hybridized carbons (Fsp3) is 0.733. The summed E-state index contributed by atoms with van der Waals surface area (Å²) < 4.78 is 50.2. The van der Waals surface area contributed by atoms with Gasteiger partial charge in [0.1, 0.15) is 12.2 Å². The molecule has 3 aliphatic rings. The zero-order valence-electron chi connectivity index (χ0n) is 38.2. The van der Waals surface area contributed by atoms with E-state index in [1.165, 1.54) is 14.0 Å². The number of nitrogens with zero attached hydrogens (tertiary/aromatic N) is 5. The first kappa shape index (κ1) is 48.5. The van der Waals surface area contributed by atoms with Crippen molar-refractivity contribution in [3.8, 4) is 11.3 Å². The van der Waals surface area contributed by atoms with Crippen molar-refractivity contribution >= 4 is 17.8 Å². The number of hydrazine groups is 1. The molecule has 14 atom stereocenters.